The monoisotopic (exact) mass is 462 g/mol. The molecule has 6 nitrogen and oxygen atoms in total. The van der Waals surface area contributed by atoms with Gasteiger partial charge in [-0.25, -0.2) is 9.07 Å². The Morgan fingerprint density at radius 3 is 2.64 bits per heavy atom. The summed E-state index contributed by atoms with van der Waals surface area (Å²) in [6, 6.07) is 17.4. The number of carbonyl (C=O) groups excluding carboxylic acids is 2. The zero-order chi connectivity index (χ0) is 22.9. The fraction of sp³-hybridized carbons (Fsp3) is 0.240. The van der Waals surface area contributed by atoms with Crippen molar-refractivity contribution in [1.29, 1.82) is 0 Å². The molecule has 33 heavy (non-hydrogen) atoms. The highest BCUT2D eigenvalue weighted by atomic mass is 32.1. The maximum atomic E-state index is 13.4. The Labute approximate surface area is 194 Å². The lowest BCUT2D eigenvalue weighted by molar-refractivity contribution is -0.128. The molecule has 1 unspecified atom stereocenters. The number of fused-ring (bicyclic) bond motifs is 1. The number of rotatable bonds is 6. The maximum Gasteiger partial charge on any atom is 0.261 e. The van der Waals surface area contributed by atoms with Crippen LogP contribution in [0.2, 0.25) is 0 Å². The quantitative estimate of drug-likeness (QED) is 0.454. The van der Waals surface area contributed by atoms with E-state index in [0.717, 1.165) is 33.6 Å². The Kier molecular flexibility index (Phi) is 5.68. The van der Waals surface area contributed by atoms with Crippen LogP contribution in [0.4, 0.5) is 4.39 Å². The zero-order valence-corrected chi connectivity index (χ0v) is 18.9. The molecule has 1 N–H and O–H groups in total. The number of hydrogen-bond donors (Lipinski definition) is 1. The Hall–Kier alpha value is -3.52. The van der Waals surface area contributed by atoms with Crippen LogP contribution in [-0.2, 0) is 4.79 Å². The number of thiophene rings is 1. The molecule has 1 saturated heterocycles. The number of benzene rings is 2. The van der Waals surface area contributed by atoms with Gasteiger partial charge in [0.1, 0.15) is 10.6 Å². The molecule has 0 radical (unpaired) electrons. The molecule has 1 fully saturated rings. The van der Waals surface area contributed by atoms with Gasteiger partial charge in [0.15, 0.2) is 0 Å². The summed E-state index contributed by atoms with van der Waals surface area (Å²) in [7, 11) is 0. The molecule has 1 aliphatic rings. The van der Waals surface area contributed by atoms with Crippen LogP contribution in [0.15, 0.2) is 60.7 Å². The van der Waals surface area contributed by atoms with Gasteiger partial charge in [-0.1, -0.05) is 30.3 Å². The lowest BCUT2D eigenvalue weighted by atomic mass is 10.1. The lowest BCUT2D eigenvalue weighted by Crippen LogP contribution is -2.38. The molecular weight excluding hydrogens is 439 g/mol. The maximum absolute atomic E-state index is 13.4. The second-order valence-electron chi connectivity index (χ2n) is 8.18. The number of hydrogen-bond acceptors (Lipinski definition) is 4. The van der Waals surface area contributed by atoms with Crippen LogP contribution in [-0.4, -0.2) is 39.6 Å². The second-order valence-corrected chi connectivity index (χ2v) is 9.21. The number of nitrogens with one attached hydrogen (secondary N) is 1. The third kappa shape index (κ3) is 4.26. The van der Waals surface area contributed by atoms with Crippen molar-refractivity contribution in [3.8, 4) is 5.69 Å². The summed E-state index contributed by atoms with van der Waals surface area (Å²) >= 11 is 1.35. The summed E-state index contributed by atoms with van der Waals surface area (Å²) in [5, 5.41) is 8.59. The predicted molar refractivity (Wildman–Crippen MR) is 126 cm³/mol. The van der Waals surface area contributed by atoms with Gasteiger partial charge in [0, 0.05) is 24.9 Å². The van der Waals surface area contributed by atoms with Crippen LogP contribution < -0.4 is 5.32 Å². The molecule has 5 rings (SSSR count). The van der Waals surface area contributed by atoms with Gasteiger partial charge in [-0.3, -0.25) is 9.59 Å². The standard InChI is InChI=1S/C25H23FN4O2S/c1-16-20-14-22(33-25(20)30(28-16)19-11-9-18(26)10-12-19)24(32)27-21(17-6-3-2-4-7-17)15-29-13-5-8-23(29)31/h2-4,6-7,9-12,14,21H,5,8,13,15H2,1H3,(H,27,32). The minimum absolute atomic E-state index is 0.127. The van der Waals surface area contributed by atoms with Crippen molar-refractivity contribution >= 4 is 33.4 Å². The van der Waals surface area contributed by atoms with E-state index in [1.165, 1.54) is 23.5 Å². The number of carbonyl (C=O) groups is 2. The second kappa shape index (κ2) is 8.78. The summed E-state index contributed by atoms with van der Waals surface area (Å²) < 4.78 is 15.1. The van der Waals surface area contributed by atoms with Crippen molar-refractivity contribution in [3.05, 3.63) is 82.6 Å². The highest BCUT2D eigenvalue weighted by Crippen LogP contribution is 2.31. The van der Waals surface area contributed by atoms with Crippen LogP contribution in [0.5, 0.6) is 0 Å². The minimum Gasteiger partial charge on any atom is -0.343 e. The van der Waals surface area contributed by atoms with Gasteiger partial charge in [0.25, 0.3) is 5.91 Å². The van der Waals surface area contributed by atoms with Gasteiger partial charge in [-0.15, -0.1) is 11.3 Å². The molecule has 168 valence electrons. The van der Waals surface area contributed by atoms with E-state index in [0.29, 0.717) is 24.4 Å². The predicted octanol–water partition coefficient (Wildman–Crippen LogP) is 4.63. The van der Waals surface area contributed by atoms with Crippen molar-refractivity contribution in [2.45, 2.75) is 25.8 Å². The molecule has 0 aliphatic carbocycles. The van der Waals surface area contributed by atoms with Gasteiger partial charge >= 0.3 is 0 Å². The number of nitrogens with zero attached hydrogens (tertiary/aromatic N) is 3. The number of halogens is 1. The number of aryl methyl sites for hydroxylation is 1. The summed E-state index contributed by atoms with van der Waals surface area (Å²) in [4.78, 5) is 28.7. The van der Waals surface area contributed by atoms with E-state index in [2.05, 4.69) is 10.4 Å². The highest BCUT2D eigenvalue weighted by molar-refractivity contribution is 7.20. The molecule has 2 aromatic heterocycles. The molecule has 4 aromatic rings. The van der Waals surface area contributed by atoms with E-state index < -0.39 is 0 Å². The van der Waals surface area contributed by atoms with E-state index in [1.807, 2.05) is 48.2 Å². The SMILES string of the molecule is Cc1nn(-c2ccc(F)cc2)c2sc(C(=O)NC(CN3CCCC3=O)c3ccccc3)cc12. The van der Waals surface area contributed by atoms with Crippen LogP contribution in [0.1, 0.15) is 39.8 Å². The summed E-state index contributed by atoms with van der Waals surface area (Å²) in [5.41, 5.74) is 2.49. The third-order valence-electron chi connectivity index (χ3n) is 5.92. The average Bonchev–Trinajstić information content (AvgIpc) is 3.51. The minimum atomic E-state index is -0.312. The van der Waals surface area contributed by atoms with Gasteiger partial charge in [-0.2, -0.15) is 5.10 Å². The zero-order valence-electron chi connectivity index (χ0n) is 18.1. The molecule has 2 amide bonds. The summed E-state index contributed by atoms with van der Waals surface area (Å²) in [6.45, 7) is 3.05. The van der Waals surface area contributed by atoms with Gasteiger partial charge in [0.05, 0.1) is 22.3 Å². The van der Waals surface area contributed by atoms with Gasteiger partial charge in [-0.05, 0) is 49.2 Å². The first-order chi connectivity index (χ1) is 16.0. The fourth-order valence-corrected chi connectivity index (χ4v) is 5.27. The summed E-state index contributed by atoms with van der Waals surface area (Å²) in [6.07, 6.45) is 1.41. The Morgan fingerprint density at radius 2 is 1.94 bits per heavy atom. The van der Waals surface area contributed by atoms with Crippen molar-refractivity contribution < 1.29 is 14.0 Å². The molecule has 0 saturated carbocycles. The molecule has 1 aliphatic heterocycles. The molecule has 8 heteroatoms. The largest absolute Gasteiger partial charge is 0.343 e. The van der Waals surface area contributed by atoms with Crippen molar-refractivity contribution in [3.63, 3.8) is 0 Å². The highest BCUT2D eigenvalue weighted by Gasteiger charge is 2.26. The molecular formula is C25H23FN4O2S. The smallest absolute Gasteiger partial charge is 0.261 e. The molecule has 3 heterocycles. The van der Waals surface area contributed by atoms with Crippen LogP contribution in [0, 0.1) is 12.7 Å². The average molecular weight is 463 g/mol. The van der Waals surface area contributed by atoms with Crippen LogP contribution in [0.3, 0.4) is 0 Å². The van der Waals surface area contributed by atoms with E-state index >= 15 is 0 Å². The first-order valence-corrected chi connectivity index (χ1v) is 11.7. The van der Waals surface area contributed by atoms with E-state index in [-0.39, 0.29) is 23.7 Å². The van der Waals surface area contributed by atoms with Gasteiger partial charge in [0.2, 0.25) is 5.91 Å². The molecule has 2 aromatic carbocycles. The van der Waals surface area contributed by atoms with Crippen molar-refractivity contribution in [2.75, 3.05) is 13.1 Å². The van der Waals surface area contributed by atoms with Gasteiger partial charge < -0.3 is 10.2 Å². The Morgan fingerprint density at radius 1 is 1.18 bits per heavy atom. The number of aromatic nitrogens is 2. The first-order valence-electron chi connectivity index (χ1n) is 10.9. The number of likely N-dealkylation sites (tertiary alicyclic amines) is 1. The number of amides is 2. The van der Waals surface area contributed by atoms with E-state index in [4.69, 9.17) is 0 Å². The van der Waals surface area contributed by atoms with Crippen LogP contribution >= 0.6 is 11.3 Å². The van der Waals surface area contributed by atoms with Crippen molar-refractivity contribution in [1.82, 2.24) is 20.0 Å². The normalized spacial score (nSPS) is 14.7. The molecule has 0 spiro atoms. The summed E-state index contributed by atoms with van der Waals surface area (Å²) in [5.74, 6) is -0.377. The third-order valence-corrected chi connectivity index (χ3v) is 7.03. The topological polar surface area (TPSA) is 67.2 Å². The Bertz CT molecular complexity index is 1310. The van der Waals surface area contributed by atoms with E-state index in [1.54, 1.807) is 16.8 Å². The lowest BCUT2D eigenvalue weighted by Gasteiger charge is -2.25. The Balaban J connectivity index is 1.43. The van der Waals surface area contributed by atoms with Crippen LogP contribution in [0.25, 0.3) is 15.9 Å². The van der Waals surface area contributed by atoms with Crippen molar-refractivity contribution in [2.24, 2.45) is 0 Å². The fourth-order valence-electron chi connectivity index (χ4n) is 4.18. The molecule has 0 bridgehead atoms. The first kappa shape index (κ1) is 21.3. The van der Waals surface area contributed by atoms with E-state index in [9.17, 15) is 14.0 Å². The molecule has 1 atom stereocenters.